The molecule has 2 N–H and O–H groups in total. The SMILES string of the molecule is CCCc1cnc(-c2nsc(N)n2)cn1. The molecule has 2 heterocycles. The lowest BCUT2D eigenvalue weighted by molar-refractivity contribution is 0.871. The van der Waals surface area contributed by atoms with E-state index in [1.165, 1.54) is 0 Å². The zero-order valence-corrected chi connectivity index (χ0v) is 9.16. The predicted molar refractivity (Wildman–Crippen MR) is 59.3 cm³/mol. The molecule has 0 amide bonds. The average Bonchev–Trinajstić information content (AvgIpc) is 2.67. The van der Waals surface area contributed by atoms with Crippen molar-refractivity contribution < 1.29 is 0 Å². The third-order valence-electron chi connectivity index (χ3n) is 1.88. The Hall–Kier alpha value is -1.56. The Morgan fingerprint density at radius 3 is 2.73 bits per heavy atom. The molecule has 0 aliphatic carbocycles. The molecule has 0 fully saturated rings. The van der Waals surface area contributed by atoms with Crippen LogP contribution in [0.4, 0.5) is 5.13 Å². The van der Waals surface area contributed by atoms with E-state index in [2.05, 4.69) is 26.2 Å². The zero-order chi connectivity index (χ0) is 10.7. The van der Waals surface area contributed by atoms with E-state index in [0.29, 0.717) is 16.6 Å². The fourth-order valence-electron chi connectivity index (χ4n) is 1.19. The monoisotopic (exact) mass is 221 g/mol. The minimum Gasteiger partial charge on any atom is -0.374 e. The van der Waals surface area contributed by atoms with Crippen molar-refractivity contribution in [3.63, 3.8) is 0 Å². The molecule has 15 heavy (non-hydrogen) atoms. The van der Waals surface area contributed by atoms with E-state index in [1.807, 2.05) is 0 Å². The number of nitrogen functional groups attached to an aromatic ring is 1. The molecule has 0 aliphatic rings. The van der Waals surface area contributed by atoms with Crippen LogP contribution in [-0.4, -0.2) is 19.3 Å². The van der Waals surface area contributed by atoms with Crippen molar-refractivity contribution in [2.24, 2.45) is 0 Å². The van der Waals surface area contributed by atoms with Crippen molar-refractivity contribution in [3.8, 4) is 11.5 Å². The first-order valence-electron chi connectivity index (χ1n) is 4.70. The van der Waals surface area contributed by atoms with Crippen molar-refractivity contribution in [3.05, 3.63) is 18.1 Å². The van der Waals surface area contributed by atoms with Crippen LogP contribution in [0.1, 0.15) is 19.0 Å². The van der Waals surface area contributed by atoms with Crippen LogP contribution in [0.25, 0.3) is 11.5 Å². The van der Waals surface area contributed by atoms with Gasteiger partial charge in [0.05, 0.1) is 11.9 Å². The second kappa shape index (κ2) is 4.31. The van der Waals surface area contributed by atoms with E-state index in [-0.39, 0.29) is 0 Å². The summed E-state index contributed by atoms with van der Waals surface area (Å²) in [6, 6.07) is 0. The Morgan fingerprint density at radius 2 is 2.20 bits per heavy atom. The zero-order valence-electron chi connectivity index (χ0n) is 8.34. The second-order valence-corrected chi connectivity index (χ2v) is 3.88. The minimum absolute atomic E-state index is 0.449. The van der Waals surface area contributed by atoms with E-state index in [4.69, 9.17) is 5.73 Å². The smallest absolute Gasteiger partial charge is 0.200 e. The number of rotatable bonds is 3. The van der Waals surface area contributed by atoms with Crippen molar-refractivity contribution in [2.45, 2.75) is 19.8 Å². The molecule has 0 spiro atoms. The van der Waals surface area contributed by atoms with Gasteiger partial charge in [0.25, 0.3) is 0 Å². The van der Waals surface area contributed by atoms with Crippen LogP contribution in [0, 0.1) is 0 Å². The highest BCUT2D eigenvalue weighted by molar-refractivity contribution is 7.09. The molecule has 0 radical (unpaired) electrons. The topological polar surface area (TPSA) is 77.6 Å². The van der Waals surface area contributed by atoms with Gasteiger partial charge in [0.1, 0.15) is 5.69 Å². The van der Waals surface area contributed by atoms with Crippen molar-refractivity contribution in [1.82, 2.24) is 19.3 Å². The molecular formula is C9H11N5S. The van der Waals surface area contributed by atoms with Gasteiger partial charge in [-0.05, 0) is 6.42 Å². The Bertz CT molecular complexity index is 436. The summed E-state index contributed by atoms with van der Waals surface area (Å²) in [6.07, 6.45) is 5.46. The van der Waals surface area contributed by atoms with Crippen LogP contribution < -0.4 is 5.73 Å². The number of hydrogen-bond acceptors (Lipinski definition) is 6. The molecule has 0 aliphatic heterocycles. The largest absolute Gasteiger partial charge is 0.374 e. The molecule has 0 bridgehead atoms. The van der Waals surface area contributed by atoms with Crippen LogP contribution >= 0.6 is 11.5 Å². The number of anilines is 1. The first-order chi connectivity index (χ1) is 7.29. The lowest BCUT2D eigenvalue weighted by Crippen LogP contribution is -1.93. The van der Waals surface area contributed by atoms with Gasteiger partial charge in [-0.1, -0.05) is 13.3 Å². The number of nitrogens with zero attached hydrogens (tertiary/aromatic N) is 4. The van der Waals surface area contributed by atoms with Gasteiger partial charge in [-0.15, -0.1) is 0 Å². The maximum Gasteiger partial charge on any atom is 0.200 e. The first kappa shape index (κ1) is 9.97. The van der Waals surface area contributed by atoms with Crippen LogP contribution in [0.15, 0.2) is 12.4 Å². The number of aryl methyl sites for hydroxylation is 1. The molecule has 78 valence electrons. The highest BCUT2D eigenvalue weighted by Gasteiger charge is 2.06. The van der Waals surface area contributed by atoms with Crippen LogP contribution in [0.5, 0.6) is 0 Å². The Balaban J connectivity index is 2.23. The quantitative estimate of drug-likeness (QED) is 0.850. The van der Waals surface area contributed by atoms with E-state index < -0.39 is 0 Å². The first-order valence-corrected chi connectivity index (χ1v) is 5.47. The number of hydrogen-bond donors (Lipinski definition) is 1. The molecule has 2 aromatic heterocycles. The molecule has 0 atom stereocenters. The lowest BCUT2D eigenvalue weighted by Gasteiger charge is -1.97. The summed E-state index contributed by atoms with van der Waals surface area (Å²) < 4.78 is 4.06. The standard InChI is InChI=1S/C9H11N5S/c1-2-3-6-4-12-7(5-11-6)8-13-9(10)15-14-8/h4-5H,2-3H2,1H3,(H2,10,13,14). The molecular weight excluding hydrogens is 210 g/mol. The molecule has 0 unspecified atom stereocenters. The second-order valence-electron chi connectivity index (χ2n) is 3.10. The van der Waals surface area contributed by atoms with Crippen molar-refractivity contribution in [1.29, 1.82) is 0 Å². The maximum atomic E-state index is 5.49. The van der Waals surface area contributed by atoms with E-state index >= 15 is 0 Å². The van der Waals surface area contributed by atoms with Gasteiger partial charge in [0.15, 0.2) is 11.0 Å². The van der Waals surface area contributed by atoms with Crippen LogP contribution in [0.3, 0.4) is 0 Å². The summed E-state index contributed by atoms with van der Waals surface area (Å²) >= 11 is 1.16. The van der Waals surface area contributed by atoms with Gasteiger partial charge in [-0.3, -0.25) is 4.98 Å². The fraction of sp³-hybridized carbons (Fsp3) is 0.333. The molecule has 5 nitrogen and oxygen atoms in total. The van der Waals surface area contributed by atoms with E-state index in [1.54, 1.807) is 12.4 Å². The summed E-state index contributed by atoms with van der Waals surface area (Å²) in [4.78, 5) is 12.6. The van der Waals surface area contributed by atoms with Gasteiger partial charge in [-0.2, -0.15) is 9.36 Å². The molecule has 0 aromatic carbocycles. The number of aromatic nitrogens is 4. The summed E-state index contributed by atoms with van der Waals surface area (Å²) in [5.41, 5.74) is 7.15. The molecule has 0 saturated heterocycles. The van der Waals surface area contributed by atoms with Gasteiger partial charge in [-0.25, -0.2) is 4.98 Å². The Morgan fingerprint density at radius 1 is 1.33 bits per heavy atom. The third kappa shape index (κ3) is 2.27. The average molecular weight is 221 g/mol. The Kier molecular flexibility index (Phi) is 2.86. The van der Waals surface area contributed by atoms with E-state index in [9.17, 15) is 0 Å². The lowest BCUT2D eigenvalue weighted by atomic mass is 10.2. The normalized spacial score (nSPS) is 10.5. The van der Waals surface area contributed by atoms with Gasteiger partial charge < -0.3 is 5.73 Å². The van der Waals surface area contributed by atoms with Gasteiger partial charge in [0, 0.05) is 17.7 Å². The maximum absolute atomic E-state index is 5.49. The summed E-state index contributed by atoms with van der Waals surface area (Å²) in [5, 5.41) is 0.449. The third-order valence-corrected chi connectivity index (χ3v) is 2.42. The van der Waals surface area contributed by atoms with E-state index in [0.717, 1.165) is 30.1 Å². The van der Waals surface area contributed by atoms with Crippen LogP contribution in [0.2, 0.25) is 0 Å². The summed E-state index contributed by atoms with van der Waals surface area (Å²) in [6.45, 7) is 2.11. The molecule has 2 aromatic rings. The summed E-state index contributed by atoms with van der Waals surface area (Å²) in [5.74, 6) is 0.549. The number of nitrogens with two attached hydrogens (primary N) is 1. The molecule has 2 rings (SSSR count). The highest BCUT2D eigenvalue weighted by Crippen LogP contribution is 2.16. The summed E-state index contributed by atoms with van der Waals surface area (Å²) in [7, 11) is 0. The highest BCUT2D eigenvalue weighted by atomic mass is 32.1. The van der Waals surface area contributed by atoms with Gasteiger partial charge in [0.2, 0.25) is 0 Å². The minimum atomic E-state index is 0.449. The van der Waals surface area contributed by atoms with Gasteiger partial charge >= 0.3 is 0 Å². The molecule has 6 heteroatoms. The van der Waals surface area contributed by atoms with Crippen molar-refractivity contribution >= 4 is 16.7 Å². The molecule has 0 saturated carbocycles. The predicted octanol–water partition coefficient (Wildman–Crippen LogP) is 1.53. The van der Waals surface area contributed by atoms with Crippen molar-refractivity contribution in [2.75, 3.05) is 5.73 Å². The Labute approximate surface area is 91.6 Å². The van der Waals surface area contributed by atoms with Crippen LogP contribution in [-0.2, 0) is 6.42 Å². The fourth-order valence-corrected chi connectivity index (χ4v) is 1.64.